The Morgan fingerprint density at radius 1 is 1.12 bits per heavy atom. The summed E-state index contributed by atoms with van der Waals surface area (Å²) in [5.41, 5.74) is 1.40. The fourth-order valence-electron chi connectivity index (χ4n) is 3.34. The Balaban J connectivity index is 2.04. The van der Waals surface area contributed by atoms with E-state index in [0.29, 0.717) is 18.7 Å². The van der Waals surface area contributed by atoms with Crippen LogP contribution >= 0.6 is 0 Å². The molecule has 128 valence electrons. The lowest BCUT2D eigenvalue weighted by Crippen LogP contribution is -2.47. The summed E-state index contributed by atoms with van der Waals surface area (Å²) < 4.78 is 1.61. The number of carbonyl (C=O) groups is 2. The van der Waals surface area contributed by atoms with Crippen LogP contribution in [0.3, 0.4) is 0 Å². The molecule has 7 heteroatoms. The van der Waals surface area contributed by atoms with Gasteiger partial charge in [-0.1, -0.05) is 18.2 Å². The average molecular weight is 331 g/mol. The van der Waals surface area contributed by atoms with Crippen LogP contribution in [0.15, 0.2) is 30.5 Å². The summed E-state index contributed by atoms with van der Waals surface area (Å²) in [5.74, 6) is -1.86. The van der Waals surface area contributed by atoms with Crippen LogP contribution in [-0.4, -0.2) is 69.7 Å². The number of aliphatic carboxylic acids is 2. The molecular weight excluding hydrogens is 310 g/mol. The van der Waals surface area contributed by atoms with Crippen molar-refractivity contribution in [3.05, 3.63) is 36.0 Å². The van der Waals surface area contributed by atoms with E-state index in [1.165, 1.54) is 0 Å². The van der Waals surface area contributed by atoms with Crippen LogP contribution < -0.4 is 0 Å². The number of nitrogens with zero attached hydrogens (tertiary/aromatic N) is 3. The molecule has 0 amide bonds. The Morgan fingerprint density at radius 2 is 1.79 bits per heavy atom. The van der Waals surface area contributed by atoms with E-state index in [1.807, 2.05) is 36.2 Å². The molecular formula is C17H21N3O4. The van der Waals surface area contributed by atoms with Crippen LogP contribution in [-0.2, 0) is 16.1 Å². The lowest BCUT2D eigenvalue weighted by atomic mass is 10.0. The Hall–Kier alpha value is -2.38. The molecule has 1 aliphatic heterocycles. The molecule has 7 nitrogen and oxygen atoms in total. The molecule has 2 aromatic rings. The van der Waals surface area contributed by atoms with E-state index < -0.39 is 18.0 Å². The number of hydrogen-bond donors (Lipinski definition) is 2. The minimum atomic E-state index is -0.950. The number of para-hydroxylation sites is 1. The van der Waals surface area contributed by atoms with Gasteiger partial charge in [0, 0.05) is 48.8 Å². The van der Waals surface area contributed by atoms with Gasteiger partial charge in [0.2, 0.25) is 0 Å². The normalized spacial score (nSPS) is 17.9. The molecule has 2 N–H and O–H groups in total. The molecule has 24 heavy (non-hydrogen) atoms. The van der Waals surface area contributed by atoms with E-state index in [0.717, 1.165) is 24.0 Å². The van der Waals surface area contributed by atoms with E-state index in [9.17, 15) is 14.7 Å². The van der Waals surface area contributed by atoms with Gasteiger partial charge in [0.25, 0.3) is 0 Å². The van der Waals surface area contributed by atoms with Crippen molar-refractivity contribution in [2.24, 2.45) is 0 Å². The fourth-order valence-corrected chi connectivity index (χ4v) is 3.34. The maximum Gasteiger partial charge on any atom is 0.325 e. The highest BCUT2D eigenvalue weighted by Crippen LogP contribution is 2.31. The molecule has 1 fully saturated rings. The van der Waals surface area contributed by atoms with Gasteiger partial charge < -0.3 is 19.7 Å². The molecule has 1 aromatic heterocycles. The van der Waals surface area contributed by atoms with Gasteiger partial charge in [-0.15, -0.1) is 0 Å². The van der Waals surface area contributed by atoms with Gasteiger partial charge in [0.15, 0.2) is 0 Å². The minimum Gasteiger partial charge on any atom is -0.480 e. The average Bonchev–Trinajstić information content (AvgIpc) is 2.87. The van der Waals surface area contributed by atoms with Gasteiger partial charge in [-0.2, -0.15) is 0 Å². The number of benzene rings is 1. The number of piperazine rings is 1. The number of carboxylic acids is 2. The number of hydrogen-bond acceptors (Lipinski definition) is 4. The summed E-state index contributed by atoms with van der Waals surface area (Å²) in [6.07, 6.45) is 1.68. The van der Waals surface area contributed by atoms with Crippen LogP contribution in [0.1, 0.15) is 11.6 Å². The first kappa shape index (κ1) is 16.5. The molecule has 0 aliphatic carbocycles. The third-order valence-corrected chi connectivity index (χ3v) is 4.56. The highest BCUT2D eigenvalue weighted by Gasteiger charge is 2.32. The van der Waals surface area contributed by atoms with Crippen molar-refractivity contribution in [2.75, 3.05) is 33.2 Å². The summed E-state index contributed by atoms with van der Waals surface area (Å²) in [6, 6.07) is 6.59. The van der Waals surface area contributed by atoms with E-state index in [1.54, 1.807) is 10.8 Å². The van der Waals surface area contributed by atoms with Crippen molar-refractivity contribution in [3.63, 3.8) is 0 Å². The fraction of sp³-hybridized carbons (Fsp3) is 0.412. The van der Waals surface area contributed by atoms with Gasteiger partial charge in [0.05, 0.1) is 0 Å². The van der Waals surface area contributed by atoms with E-state index in [4.69, 9.17) is 5.11 Å². The molecule has 0 radical (unpaired) electrons. The lowest BCUT2D eigenvalue weighted by molar-refractivity contribution is -0.144. The van der Waals surface area contributed by atoms with Gasteiger partial charge in [-0.25, -0.2) is 0 Å². The van der Waals surface area contributed by atoms with Crippen LogP contribution in [0.4, 0.5) is 0 Å². The molecule has 1 unspecified atom stereocenters. The molecule has 2 heterocycles. The molecule has 0 spiro atoms. The van der Waals surface area contributed by atoms with Crippen LogP contribution in [0.5, 0.6) is 0 Å². The van der Waals surface area contributed by atoms with Crippen molar-refractivity contribution in [3.8, 4) is 0 Å². The van der Waals surface area contributed by atoms with Crippen molar-refractivity contribution < 1.29 is 19.8 Å². The Labute approximate surface area is 139 Å². The molecule has 1 aromatic carbocycles. The first-order valence-corrected chi connectivity index (χ1v) is 7.92. The maximum absolute atomic E-state index is 12.0. The van der Waals surface area contributed by atoms with Crippen molar-refractivity contribution in [1.82, 2.24) is 14.4 Å². The molecule has 1 atom stereocenters. The summed E-state index contributed by atoms with van der Waals surface area (Å²) >= 11 is 0. The number of rotatable bonds is 5. The quantitative estimate of drug-likeness (QED) is 0.853. The smallest absolute Gasteiger partial charge is 0.325 e. The Kier molecular flexibility index (Phi) is 4.55. The van der Waals surface area contributed by atoms with Gasteiger partial charge >= 0.3 is 11.9 Å². The maximum atomic E-state index is 12.0. The lowest BCUT2D eigenvalue weighted by Gasteiger charge is -2.36. The summed E-state index contributed by atoms with van der Waals surface area (Å²) in [6.45, 7) is 2.79. The Bertz CT molecular complexity index is 762. The molecule has 1 saturated heterocycles. The third-order valence-electron chi connectivity index (χ3n) is 4.56. The predicted molar refractivity (Wildman–Crippen MR) is 89.0 cm³/mol. The zero-order valence-corrected chi connectivity index (χ0v) is 13.6. The first-order valence-electron chi connectivity index (χ1n) is 7.92. The number of carboxylic acid groups (broad SMARTS) is 2. The highest BCUT2D eigenvalue weighted by atomic mass is 16.4. The summed E-state index contributed by atoms with van der Waals surface area (Å²) in [5, 5.41) is 19.7. The van der Waals surface area contributed by atoms with E-state index >= 15 is 0 Å². The third kappa shape index (κ3) is 3.13. The van der Waals surface area contributed by atoms with Crippen LogP contribution in [0.25, 0.3) is 10.9 Å². The Morgan fingerprint density at radius 3 is 2.42 bits per heavy atom. The molecule has 3 rings (SSSR count). The predicted octanol–water partition coefficient (Wildman–Crippen LogP) is 1.10. The van der Waals surface area contributed by atoms with E-state index in [2.05, 4.69) is 4.90 Å². The van der Waals surface area contributed by atoms with Crippen molar-refractivity contribution in [1.29, 1.82) is 0 Å². The summed E-state index contributed by atoms with van der Waals surface area (Å²) in [4.78, 5) is 27.2. The van der Waals surface area contributed by atoms with Crippen LogP contribution in [0.2, 0.25) is 0 Å². The van der Waals surface area contributed by atoms with Crippen LogP contribution in [0, 0.1) is 0 Å². The second kappa shape index (κ2) is 6.62. The highest BCUT2D eigenvalue weighted by molar-refractivity contribution is 5.90. The van der Waals surface area contributed by atoms with E-state index in [-0.39, 0.29) is 6.54 Å². The number of likely N-dealkylation sites (N-methyl/N-ethyl adjacent to an activating group) is 1. The summed E-state index contributed by atoms with van der Waals surface area (Å²) in [7, 11) is 2.02. The monoisotopic (exact) mass is 331 g/mol. The van der Waals surface area contributed by atoms with Crippen molar-refractivity contribution >= 4 is 22.8 Å². The number of aromatic nitrogens is 1. The zero-order valence-electron chi connectivity index (χ0n) is 13.6. The number of fused-ring (bicyclic) bond motifs is 1. The van der Waals surface area contributed by atoms with Gasteiger partial charge in [-0.05, 0) is 13.1 Å². The molecule has 1 aliphatic rings. The minimum absolute atomic E-state index is 0.185. The second-order valence-electron chi connectivity index (χ2n) is 6.20. The SMILES string of the molecule is CN1CCN(C(C(=O)O)c2cn(CC(=O)O)c3ccccc23)CC1. The zero-order chi connectivity index (χ0) is 17.3. The van der Waals surface area contributed by atoms with Gasteiger partial charge in [-0.3, -0.25) is 14.5 Å². The molecule has 0 bridgehead atoms. The van der Waals surface area contributed by atoms with Gasteiger partial charge in [0.1, 0.15) is 12.6 Å². The second-order valence-corrected chi connectivity index (χ2v) is 6.20. The topological polar surface area (TPSA) is 86.0 Å². The first-order chi connectivity index (χ1) is 11.5. The molecule has 0 saturated carbocycles. The largest absolute Gasteiger partial charge is 0.480 e. The standard InChI is InChI=1S/C17H21N3O4/c1-18-6-8-19(9-7-18)16(17(23)24)13-10-20(11-15(21)22)14-5-3-2-4-12(13)14/h2-5,10,16H,6-9,11H2,1H3,(H,21,22)(H,23,24). The van der Waals surface area contributed by atoms with Crippen molar-refractivity contribution in [2.45, 2.75) is 12.6 Å².